The number of benzene rings is 4. The lowest BCUT2D eigenvalue weighted by Gasteiger charge is -2.30. The fourth-order valence-electron chi connectivity index (χ4n) is 12.6. The molecule has 6 rings (SSSR count). The number of aromatic nitrogens is 1. The molecule has 13 atom stereocenters. The molecule has 4 aromatic carbocycles. The number of carbonyl (C=O) groups is 20. The number of ketones is 1. The van der Waals surface area contributed by atoms with Crippen molar-refractivity contribution in [1.29, 1.82) is 0 Å². The monoisotopic (exact) mass is 1730 g/mol. The molecule has 0 spiro atoms. The summed E-state index contributed by atoms with van der Waals surface area (Å²) in [6.45, 7) is 1.60. The van der Waals surface area contributed by atoms with Crippen molar-refractivity contribution in [3.8, 4) is 16.9 Å². The molecule has 1 aliphatic rings. The van der Waals surface area contributed by atoms with Crippen LogP contribution in [0.4, 0.5) is 5.69 Å². The topological polar surface area (TPSA) is 711 Å². The molecule has 0 aliphatic carbocycles. The van der Waals surface area contributed by atoms with Crippen LogP contribution in [0.5, 0.6) is 5.75 Å². The lowest BCUT2D eigenvalue weighted by atomic mass is 9.96. The summed E-state index contributed by atoms with van der Waals surface area (Å²) >= 11 is 0. The number of aromatic amines is 1. The first-order valence-corrected chi connectivity index (χ1v) is 39.1. The Morgan fingerprint density at radius 2 is 1.10 bits per heavy atom. The lowest BCUT2D eigenvalue weighted by molar-refractivity contribution is -0.156. The number of nitrogens with two attached hydrogens (primary N) is 3. The smallest absolute Gasteiger partial charge is 0.329 e. The van der Waals surface area contributed by atoms with Crippen LogP contribution in [0.15, 0.2) is 103 Å². The van der Waals surface area contributed by atoms with E-state index < -0.39 is 261 Å². The molecule has 14 amide bonds. The zero-order valence-corrected chi connectivity index (χ0v) is 67.8. The van der Waals surface area contributed by atoms with Crippen molar-refractivity contribution >= 4 is 135 Å². The molecule has 1 fully saturated rings. The van der Waals surface area contributed by atoms with Crippen LogP contribution < -0.4 is 91.1 Å². The molecule has 2 heterocycles. The third kappa shape index (κ3) is 31.0. The number of carboxylic acid groups (broad SMARTS) is 4. The normalized spacial score (nSPS) is 20.4. The van der Waals surface area contributed by atoms with Crippen molar-refractivity contribution in [2.75, 3.05) is 38.6 Å². The predicted octanol–water partition coefficient (Wildman–Crippen LogP) is -4.21. The van der Waals surface area contributed by atoms with Gasteiger partial charge in [0.1, 0.15) is 78.3 Å². The van der Waals surface area contributed by atoms with Crippen molar-refractivity contribution in [2.45, 2.75) is 177 Å². The average Bonchev–Trinajstić information content (AvgIpc) is 1.64. The molecule has 0 unspecified atom stereocenters. The maximum Gasteiger partial charge on any atom is 0.329 e. The number of amides is 14. The molecule has 5 aromatic rings. The SMILES string of the molecule is CCCCCOc1ccc(-c2ccc(C(=O)N[C@@H](Cc3c[nH]c4ccccc34)C(=O)N[C@H](CC(N)=O)C(=O)N[C@@H](CC(=O)O)C(=O)N[C@@H]3C(=O)NCC(=O)N[C@@H](CCCN)C(=O)N[C@@H](CC(=O)O)C(=O)N[C@H](C)C(=O)N[C@@H](CC(=O)O)C(=O)NCC(=O)N[C@H](CO)C(=O)N[C@@H]([C@H](C)CC(=O)O)C(=O)N[C@@H](CC(=O)c4ccccc4N)C(=O)O[C@@H]3C)cc2)cc1. The van der Waals surface area contributed by atoms with Crippen LogP contribution in [0.25, 0.3) is 22.0 Å². The second kappa shape index (κ2) is 48.1. The van der Waals surface area contributed by atoms with Gasteiger partial charge in [0.05, 0.1) is 58.4 Å². The van der Waals surface area contributed by atoms with Crippen LogP contribution in [0.3, 0.4) is 0 Å². The summed E-state index contributed by atoms with van der Waals surface area (Å²) in [7, 11) is 0. The van der Waals surface area contributed by atoms with Gasteiger partial charge in [0, 0.05) is 46.8 Å². The van der Waals surface area contributed by atoms with Gasteiger partial charge in [-0.15, -0.1) is 0 Å². The van der Waals surface area contributed by atoms with Gasteiger partial charge < -0.3 is 126 Å². The Kier molecular flexibility index (Phi) is 38.2. The summed E-state index contributed by atoms with van der Waals surface area (Å²) in [5.41, 5.74) is 19.6. The summed E-state index contributed by atoms with van der Waals surface area (Å²) in [6.07, 6.45) is -5.67. The molecule has 1 saturated heterocycles. The van der Waals surface area contributed by atoms with Crippen molar-refractivity contribution < 1.29 is 131 Å². The van der Waals surface area contributed by atoms with E-state index in [2.05, 4.69) is 65.1 Å². The molecule has 1 aromatic heterocycles. The Morgan fingerprint density at radius 1 is 0.548 bits per heavy atom. The number of nitrogen functional groups attached to an aromatic ring is 1. The molecule has 0 saturated carbocycles. The average molecular weight is 1730 g/mol. The first kappa shape index (κ1) is 98.4. The summed E-state index contributed by atoms with van der Waals surface area (Å²) in [5.74, 6) is -29.6. The number of hydrogen-bond acceptors (Lipinski definition) is 25. The first-order chi connectivity index (χ1) is 58.8. The van der Waals surface area contributed by atoms with Gasteiger partial charge in [-0.2, -0.15) is 0 Å². The van der Waals surface area contributed by atoms with Gasteiger partial charge in [-0.3, -0.25) is 91.1 Å². The Bertz CT molecular complexity index is 4750. The number of primary amides is 1. The number of hydrogen-bond donors (Lipinski definition) is 22. The van der Waals surface area contributed by atoms with Crippen LogP contribution in [0.2, 0.25) is 0 Å². The number of fused-ring (bicyclic) bond motifs is 1. The highest BCUT2D eigenvalue weighted by Gasteiger charge is 2.41. The van der Waals surface area contributed by atoms with Crippen LogP contribution in [-0.2, 0) is 97.5 Å². The number of carbonyl (C=O) groups excluding carboxylic acids is 16. The molecule has 0 bridgehead atoms. The maximum absolute atomic E-state index is 14.9. The van der Waals surface area contributed by atoms with Crippen molar-refractivity contribution in [2.24, 2.45) is 17.4 Å². The van der Waals surface area contributed by atoms with Gasteiger partial charge >= 0.3 is 29.8 Å². The Balaban J connectivity index is 1.39. The van der Waals surface area contributed by atoms with Crippen LogP contribution >= 0.6 is 0 Å². The van der Waals surface area contributed by atoms with Crippen molar-refractivity contribution in [1.82, 2.24) is 74.1 Å². The van der Waals surface area contributed by atoms with Crippen LogP contribution in [-0.4, -0.2) is 254 Å². The maximum atomic E-state index is 14.9. The molecule has 0 radical (unpaired) electrons. The molecule has 25 N–H and O–H groups in total. The fourth-order valence-corrected chi connectivity index (χ4v) is 12.6. The van der Waals surface area contributed by atoms with Gasteiger partial charge in [-0.05, 0) is 105 Å². The van der Waals surface area contributed by atoms with E-state index >= 15 is 0 Å². The minimum absolute atomic E-state index is 0.0556. The molecule has 44 heteroatoms. The highest BCUT2D eigenvalue weighted by atomic mass is 16.5. The minimum atomic E-state index is -2.47. The second-order valence-corrected chi connectivity index (χ2v) is 28.9. The number of nitrogens with one attached hydrogen (secondary N) is 14. The van der Waals surface area contributed by atoms with E-state index in [0.29, 0.717) is 34.4 Å². The molecular weight excluding hydrogens is 1630 g/mol. The molecule has 1 aliphatic heterocycles. The standard InChI is InChI=1S/C80H101N17O27/c1-5-6-11-27-123-46-24-22-43(23-25-46)42-18-20-44(21-19-42)70(112)91-52(29-45-35-84-50-16-10-8-13-47(45)50)74(116)92-53(31-60(83)100)75(117)94-56(34-66(109)110)76(118)97-68-41(4)124-80(122)57(30-59(99)48-14-7-9-15-49(48)82)95-79(121)67(39(2)28-63(103)104)96-77(119)58(38-98)89-62(102)36-85-71(113)54(32-64(105)106)90-69(111)40(3)87-73(115)55(33-65(107)108)93-72(114)51(17-12-26-81)88-61(101)37-86-78(68)120/h7-10,13-16,18-25,35,39-41,51-58,67-68,84,98H,5-6,11-12,17,26-34,36-38,81-82H2,1-4H3,(H2,83,100)(H,85,113)(H,86,120)(H,87,115)(H,88,101)(H,89,102)(H,90,111)(H,91,112)(H,92,116)(H,93,114)(H,94,117)(H,95,121)(H,96,119)(H,97,118)(H,103,104)(H,105,106)(H,107,108)(H,109,110)/t39-,40-,41-,51+,52+,53-,54+,55+,56+,57+,58-,67+,68+/m1/s1. The van der Waals surface area contributed by atoms with E-state index in [4.69, 9.17) is 26.7 Å². The lowest BCUT2D eigenvalue weighted by Crippen LogP contribution is -2.62. The molecule has 668 valence electrons. The number of carboxylic acids is 4. The third-order valence-corrected chi connectivity index (χ3v) is 19.2. The van der Waals surface area contributed by atoms with Gasteiger partial charge in [-0.25, -0.2) is 4.79 Å². The van der Waals surface area contributed by atoms with E-state index in [9.17, 15) is 121 Å². The molecule has 124 heavy (non-hydrogen) atoms. The Morgan fingerprint density at radius 3 is 1.69 bits per heavy atom. The number of cyclic esters (lactones) is 1. The van der Waals surface area contributed by atoms with Crippen molar-refractivity contribution in [3.63, 3.8) is 0 Å². The number of unbranched alkanes of at least 4 members (excludes halogenated alkanes) is 2. The summed E-state index contributed by atoms with van der Waals surface area (Å²) in [5, 5.41) is 78.8. The summed E-state index contributed by atoms with van der Waals surface area (Å²) in [6, 6.07) is 2.56. The van der Waals surface area contributed by atoms with E-state index in [-0.39, 0.29) is 36.2 Å². The highest BCUT2D eigenvalue weighted by Crippen LogP contribution is 2.25. The third-order valence-electron chi connectivity index (χ3n) is 19.2. The quantitative estimate of drug-likeness (QED) is 0.00803. The Labute approximate surface area is 707 Å². The zero-order chi connectivity index (χ0) is 91.6. The molecular formula is C80H101N17O27. The zero-order valence-electron chi connectivity index (χ0n) is 67.8. The largest absolute Gasteiger partial charge is 0.494 e. The first-order valence-electron chi connectivity index (χ1n) is 39.1. The number of Topliss-reactive ketones (excluding diaryl/α,β-unsaturated/α-hetero) is 1. The van der Waals surface area contributed by atoms with E-state index in [1.54, 1.807) is 54.7 Å². The van der Waals surface area contributed by atoms with E-state index in [0.717, 1.165) is 45.6 Å². The van der Waals surface area contributed by atoms with Crippen LogP contribution in [0.1, 0.15) is 125 Å². The summed E-state index contributed by atoms with van der Waals surface area (Å²) in [4.78, 5) is 278. The van der Waals surface area contributed by atoms with Gasteiger partial charge in [0.15, 0.2) is 5.78 Å². The predicted molar refractivity (Wildman–Crippen MR) is 434 cm³/mol. The van der Waals surface area contributed by atoms with E-state index in [1.165, 1.54) is 36.4 Å². The highest BCUT2D eigenvalue weighted by molar-refractivity contribution is 6.06. The van der Waals surface area contributed by atoms with Crippen molar-refractivity contribution in [3.05, 3.63) is 120 Å². The number of aliphatic carboxylic acids is 4. The number of aliphatic hydroxyl groups excluding tert-OH is 1. The second-order valence-electron chi connectivity index (χ2n) is 28.9. The number of ether oxygens (including phenoxy) is 2. The number of para-hydroxylation sites is 2. The summed E-state index contributed by atoms with van der Waals surface area (Å²) < 4.78 is 11.5. The molecule has 44 nitrogen and oxygen atoms in total. The van der Waals surface area contributed by atoms with Gasteiger partial charge in [0.25, 0.3) is 5.91 Å². The van der Waals surface area contributed by atoms with Gasteiger partial charge in [-0.1, -0.05) is 81.3 Å². The van der Waals surface area contributed by atoms with Crippen LogP contribution in [0, 0.1) is 5.92 Å². The number of rotatable bonds is 34. The minimum Gasteiger partial charge on any atom is -0.494 e. The number of aliphatic hydroxyl groups is 1. The number of anilines is 1. The number of esters is 1. The van der Waals surface area contributed by atoms with E-state index in [1.807, 2.05) is 28.1 Å². The number of H-pyrrole nitrogens is 1. The Hall–Kier alpha value is -14.5. The van der Waals surface area contributed by atoms with Gasteiger partial charge in [0.2, 0.25) is 76.8 Å². The fraction of sp³-hybridized carbons (Fsp3) is 0.425.